The van der Waals surface area contributed by atoms with Crippen molar-refractivity contribution in [2.75, 3.05) is 5.94 Å². The van der Waals surface area contributed by atoms with E-state index in [1.807, 2.05) is 103 Å². The lowest BCUT2D eigenvalue weighted by Gasteiger charge is -2.18. The molecule has 182 valence electrons. The van der Waals surface area contributed by atoms with Gasteiger partial charge in [-0.15, -0.1) is 0 Å². The van der Waals surface area contributed by atoms with Gasteiger partial charge in [0, 0.05) is 10.9 Å². The number of esters is 1. The maximum absolute atomic E-state index is 13.6. The van der Waals surface area contributed by atoms with Gasteiger partial charge >= 0.3 is 5.97 Å². The van der Waals surface area contributed by atoms with E-state index in [0.717, 1.165) is 43.7 Å². The highest BCUT2D eigenvalue weighted by atomic mass is 32.2. The molecule has 4 nitrogen and oxygen atoms in total. The first-order valence-electron chi connectivity index (χ1n) is 12.1. The molecule has 0 unspecified atom stereocenters. The quantitative estimate of drug-likeness (QED) is 0.211. The Balaban J connectivity index is 1.49. The van der Waals surface area contributed by atoms with Crippen LogP contribution in [0, 0.1) is 0 Å². The van der Waals surface area contributed by atoms with E-state index in [1.54, 1.807) is 11.8 Å². The molecule has 0 amide bonds. The first-order valence-corrected chi connectivity index (χ1v) is 13.1. The Morgan fingerprint density at radius 2 is 1.41 bits per heavy atom. The molecule has 0 aliphatic carbocycles. The first-order chi connectivity index (χ1) is 18.3. The Morgan fingerprint density at radius 3 is 2.11 bits per heavy atom. The zero-order chi connectivity index (χ0) is 25.0. The second kappa shape index (κ2) is 10.4. The van der Waals surface area contributed by atoms with Gasteiger partial charge in [0.2, 0.25) is 0 Å². The van der Waals surface area contributed by atoms with E-state index in [2.05, 4.69) is 6.07 Å². The van der Waals surface area contributed by atoms with Gasteiger partial charge in [-0.25, -0.2) is 4.79 Å². The smallest absolute Gasteiger partial charge is 0.339 e. The van der Waals surface area contributed by atoms with Crippen molar-refractivity contribution < 1.29 is 19.0 Å². The largest absolute Gasteiger partial charge is 0.488 e. The van der Waals surface area contributed by atoms with Gasteiger partial charge in [0.25, 0.3) is 0 Å². The van der Waals surface area contributed by atoms with Crippen LogP contribution in [0.5, 0.6) is 11.5 Å². The summed E-state index contributed by atoms with van der Waals surface area (Å²) < 4.78 is 18.0. The van der Waals surface area contributed by atoms with E-state index >= 15 is 0 Å². The topological polar surface area (TPSA) is 44.8 Å². The number of carbonyl (C=O) groups is 1. The number of hydrogen-bond acceptors (Lipinski definition) is 5. The summed E-state index contributed by atoms with van der Waals surface area (Å²) in [6.07, 6.45) is 0. The molecule has 0 bridgehead atoms. The molecule has 1 aliphatic rings. The van der Waals surface area contributed by atoms with Crippen LogP contribution in [0.2, 0.25) is 0 Å². The molecule has 0 aromatic heterocycles. The molecule has 0 spiro atoms. The molecule has 5 aromatic rings. The van der Waals surface area contributed by atoms with E-state index in [-0.39, 0.29) is 6.61 Å². The Bertz CT molecular complexity index is 1550. The van der Waals surface area contributed by atoms with E-state index in [1.165, 1.54) is 0 Å². The number of thioether (sulfide) groups is 1. The summed E-state index contributed by atoms with van der Waals surface area (Å²) in [6.45, 7) is 0.575. The average molecular weight is 505 g/mol. The fourth-order valence-corrected chi connectivity index (χ4v) is 5.29. The molecule has 6 rings (SSSR count). The zero-order valence-corrected chi connectivity index (χ0v) is 20.9. The molecule has 37 heavy (non-hydrogen) atoms. The summed E-state index contributed by atoms with van der Waals surface area (Å²) in [5.74, 6) is 1.63. The minimum Gasteiger partial charge on any atom is -0.488 e. The molecular weight excluding hydrogens is 480 g/mol. The monoisotopic (exact) mass is 504 g/mol. The maximum atomic E-state index is 13.6. The number of benzene rings is 5. The van der Waals surface area contributed by atoms with Crippen LogP contribution in [-0.2, 0) is 18.0 Å². The van der Waals surface area contributed by atoms with Gasteiger partial charge in [-0.3, -0.25) is 0 Å². The van der Waals surface area contributed by atoms with E-state index in [4.69, 9.17) is 14.2 Å². The van der Waals surface area contributed by atoms with Crippen LogP contribution in [0.3, 0.4) is 0 Å². The molecule has 5 aromatic carbocycles. The van der Waals surface area contributed by atoms with Crippen molar-refractivity contribution >= 4 is 28.5 Å². The van der Waals surface area contributed by atoms with Gasteiger partial charge in [0.15, 0.2) is 0 Å². The van der Waals surface area contributed by atoms with E-state index in [9.17, 15) is 4.79 Å². The number of hydrogen-bond donors (Lipinski definition) is 0. The van der Waals surface area contributed by atoms with E-state index in [0.29, 0.717) is 23.9 Å². The summed E-state index contributed by atoms with van der Waals surface area (Å²) in [6, 6.07) is 35.6. The molecule has 0 fully saturated rings. The van der Waals surface area contributed by atoms with Crippen LogP contribution < -0.4 is 9.47 Å². The van der Waals surface area contributed by atoms with Gasteiger partial charge in [0.05, 0.1) is 10.5 Å². The molecule has 0 radical (unpaired) electrons. The van der Waals surface area contributed by atoms with Crippen LogP contribution in [-0.4, -0.2) is 11.9 Å². The summed E-state index contributed by atoms with van der Waals surface area (Å²) >= 11 is 1.65. The normalized spacial score (nSPS) is 12.1. The Kier molecular flexibility index (Phi) is 6.53. The van der Waals surface area contributed by atoms with Crippen molar-refractivity contribution in [1.29, 1.82) is 0 Å². The fraction of sp³-hybridized carbons (Fsp3) is 0.0938. The molecule has 0 saturated carbocycles. The highest BCUT2D eigenvalue weighted by molar-refractivity contribution is 7.99. The van der Waals surface area contributed by atoms with Crippen LogP contribution in [0.25, 0.3) is 21.9 Å². The van der Waals surface area contributed by atoms with Crippen molar-refractivity contribution in [3.8, 4) is 22.6 Å². The molecule has 5 heteroatoms. The summed E-state index contributed by atoms with van der Waals surface area (Å²) in [7, 11) is 0. The number of ether oxygens (including phenoxy) is 3. The van der Waals surface area contributed by atoms with Crippen LogP contribution in [0.15, 0.2) is 114 Å². The lowest BCUT2D eigenvalue weighted by molar-refractivity contribution is 0.0473. The highest BCUT2D eigenvalue weighted by Crippen LogP contribution is 2.46. The average Bonchev–Trinajstić information content (AvgIpc) is 3.42. The lowest BCUT2D eigenvalue weighted by atomic mass is 9.92. The van der Waals surface area contributed by atoms with Crippen molar-refractivity contribution in [3.05, 3.63) is 126 Å². The predicted molar refractivity (Wildman–Crippen MR) is 147 cm³/mol. The van der Waals surface area contributed by atoms with Gasteiger partial charge in [-0.2, -0.15) is 0 Å². The predicted octanol–water partition coefficient (Wildman–Crippen LogP) is 7.88. The van der Waals surface area contributed by atoms with Crippen LogP contribution in [0.4, 0.5) is 0 Å². The third-order valence-corrected chi connectivity index (χ3v) is 7.19. The van der Waals surface area contributed by atoms with E-state index < -0.39 is 5.97 Å². The maximum Gasteiger partial charge on any atom is 0.339 e. The molecular formula is C32H24O4S. The summed E-state index contributed by atoms with van der Waals surface area (Å²) in [5, 5.41) is 1.83. The minimum atomic E-state index is -0.390. The summed E-state index contributed by atoms with van der Waals surface area (Å²) in [4.78, 5) is 14.7. The Labute approximate surface area is 219 Å². The minimum absolute atomic E-state index is 0.194. The lowest BCUT2D eigenvalue weighted by Crippen LogP contribution is -2.09. The molecule has 0 atom stereocenters. The molecule has 0 saturated heterocycles. The van der Waals surface area contributed by atoms with Gasteiger partial charge in [0.1, 0.15) is 30.7 Å². The van der Waals surface area contributed by atoms with Crippen LogP contribution >= 0.6 is 11.8 Å². The van der Waals surface area contributed by atoms with Gasteiger partial charge in [-0.1, -0.05) is 103 Å². The number of fused-ring (bicyclic) bond motifs is 2. The molecule has 0 N–H and O–H groups in total. The number of rotatable bonds is 7. The number of carbonyl (C=O) groups excluding carboxylic acids is 1. The van der Waals surface area contributed by atoms with Crippen molar-refractivity contribution in [2.45, 2.75) is 18.1 Å². The molecule has 1 heterocycles. The second-order valence-corrected chi connectivity index (χ2v) is 9.71. The molecule has 1 aliphatic heterocycles. The first kappa shape index (κ1) is 23.2. The third-order valence-electron chi connectivity index (χ3n) is 6.32. The highest BCUT2D eigenvalue weighted by Gasteiger charge is 2.24. The van der Waals surface area contributed by atoms with Gasteiger partial charge < -0.3 is 14.2 Å². The Morgan fingerprint density at radius 1 is 0.757 bits per heavy atom. The van der Waals surface area contributed by atoms with Crippen molar-refractivity contribution in [3.63, 3.8) is 0 Å². The summed E-state index contributed by atoms with van der Waals surface area (Å²) in [5.41, 5.74) is 4.23. The second-order valence-electron chi connectivity index (χ2n) is 8.75. The van der Waals surface area contributed by atoms with Crippen LogP contribution in [0.1, 0.15) is 21.5 Å². The SMILES string of the molecule is O=C(OCc1ccccc1)c1cc(OCc2ccccc2)c2cc3c(cc2c1-c1ccccc1)SCO3. The van der Waals surface area contributed by atoms with Crippen molar-refractivity contribution in [1.82, 2.24) is 0 Å². The fourth-order valence-electron chi connectivity index (χ4n) is 4.51. The zero-order valence-electron chi connectivity index (χ0n) is 20.1. The van der Waals surface area contributed by atoms with Crippen molar-refractivity contribution in [2.24, 2.45) is 0 Å². The standard InChI is InChI=1S/C32H24O4S/c33-32(35-20-23-12-6-2-7-13-23)27-17-28(34-19-22-10-4-1-5-11-22)25-16-29-30(37-21-36-29)18-26(25)31(27)24-14-8-3-9-15-24/h1-18H,19-21H2. The van der Waals surface area contributed by atoms with Gasteiger partial charge in [-0.05, 0) is 40.3 Å². The Hall–Kier alpha value is -4.22. The third kappa shape index (κ3) is 4.91.